The quantitative estimate of drug-likeness (QED) is 0.0505. The second-order valence-corrected chi connectivity index (χ2v) is 25.6. The van der Waals surface area contributed by atoms with Gasteiger partial charge in [-0.2, -0.15) is 0 Å². The van der Waals surface area contributed by atoms with Gasteiger partial charge >= 0.3 is 5.97 Å². The van der Waals surface area contributed by atoms with Crippen LogP contribution in [0, 0.1) is 0 Å². The van der Waals surface area contributed by atoms with Gasteiger partial charge in [-0.1, -0.05) is 78.9 Å². The van der Waals surface area contributed by atoms with Crippen LogP contribution in [0.4, 0.5) is 0 Å². The SMILES string of the molecule is COc1cccc(O)c1-c1cc(=O)c2c(O)c(OC)c(OC)c(OC)c2o1.O=C(O)C1OC(Oc2cc3oc(-c4ccccc4)cc(=O)c3c(O)c2O)C(O)C(O)C1O.O=c1c(-c2ccc(O)cc2)coc2cc(O)ccc12.O=c1cc(-c2ccc(O)cc2)oc2cc(O)c(O)c(O)c12.O=c1cc(-c2ccccc2)oc2cc(O)c(O)c(O)c12. The maximum Gasteiger partial charge on any atom is 0.335 e. The summed E-state index contributed by atoms with van der Waals surface area (Å²) in [5.41, 5.74) is 0.674. The molecule has 0 saturated carbocycles. The summed E-state index contributed by atoms with van der Waals surface area (Å²) in [6.45, 7) is 0. The van der Waals surface area contributed by atoms with Gasteiger partial charge in [0.15, 0.2) is 79.1 Å². The van der Waals surface area contributed by atoms with Crippen molar-refractivity contribution in [3.8, 4) is 160 Å². The van der Waals surface area contributed by atoms with Gasteiger partial charge in [-0.15, -0.1) is 0 Å². The second-order valence-electron chi connectivity index (χ2n) is 25.6. The molecule has 5 aromatic heterocycles. The number of hydrogen-bond donors (Lipinski definition) is 17. The summed E-state index contributed by atoms with van der Waals surface area (Å²) in [5, 5.41) is 165. The van der Waals surface area contributed by atoms with Crippen molar-refractivity contribution in [2.24, 2.45) is 0 Å². The van der Waals surface area contributed by atoms with Gasteiger partial charge in [-0.25, -0.2) is 4.79 Å². The highest BCUT2D eigenvalue weighted by molar-refractivity contribution is 5.96. The van der Waals surface area contributed by atoms with E-state index in [1.54, 1.807) is 91.0 Å². The van der Waals surface area contributed by atoms with Gasteiger partial charge in [0.1, 0.15) is 126 Å². The molecule has 0 spiro atoms. The third-order valence-electron chi connectivity index (χ3n) is 18.2. The lowest BCUT2D eigenvalue weighted by molar-refractivity contribution is -0.271. The Morgan fingerprint density at radius 3 is 1.30 bits per heavy atom. The molecule has 0 aliphatic carbocycles. The van der Waals surface area contributed by atoms with Gasteiger partial charge in [-0.05, 0) is 66.2 Å². The fourth-order valence-electron chi connectivity index (χ4n) is 12.3. The molecule has 1 aliphatic heterocycles. The van der Waals surface area contributed by atoms with Crippen LogP contribution in [0.15, 0.2) is 240 Å². The molecule has 0 bridgehead atoms. The van der Waals surface area contributed by atoms with Gasteiger partial charge < -0.3 is 137 Å². The van der Waals surface area contributed by atoms with E-state index in [1.807, 2.05) is 6.07 Å². The number of methoxy groups -OCH3 is 4. The third-order valence-corrected chi connectivity index (χ3v) is 18.2. The number of benzene rings is 10. The zero-order valence-electron chi connectivity index (χ0n) is 61.9. The molecule has 16 rings (SSSR count). The van der Waals surface area contributed by atoms with Crippen molar-refractivity contribution in [3.05, 3.63) is 245 Å². The van der Waals surface area contributed by atoms with E-state index in [0.717, 1.165) is 36.4 Å². The van der Waals surface area contributed by atoms with Crippen molar-refractivity contribution < 1.29 is 142 Å². The minimum atomic E-state index is -1.94. The van der Waals surface area contributed by atoms with Crippen LogP contribution in [-0.4, -0.2) is 152 Å². The maximum absolute atomic E-state index is 12.7. The lowest BCUT2D eigenvalue weighted by Gasteiger charge is -2.38. The highest BCUT2D eigenvalue weighted by Gasteiger charge is 2.48. The number of aliphatic hydroxyl groups excluding tert-OH is 3. The molecule has 17 N–H and O–H groups in total. The van der Waals surface area contributed by atoms with Crippen molar-refractivity contribution in [2.75, 3.05) is 28.4 Å². The predicted molar refractivity (Wildman–Crippen MR) is 422 cm³/mol. The van der Waals surface area contributed by atoms with Crippen LogP contribution >= 0.6 is 0 Å². The van der Waals surface area contributed by atoms with Gasteiger partial charge in [0, 0.05) is 65.2 Å². The number of ether oxygens (including phenoxy) is 6. The molecule has 1 aliphatic rings. The number of carboxylic acid groups (broad SMARTS) is 1. The summed E-state index contributed by atoms with van der Waals surface area (Å²) in [5.74, 6) is -7.21. The van der Waals surface area contributed by atoms with Crippen LogP contribution in [0.3, 0.4) is 0 Å². The van der Waals surface area contributed by atoms with E-state index < -0.39 is 116 Å². The van der Waals surface area contributed by atoms with Gasteiger partial charge in [0.05, 0.1) is 39.4 Å². The zero-order chi connectivity index (χ0) is 85.7. The molecular weight excluding hydrogens is 1560 g/mol. The number of aliphatic carboxylic acids is 1. The van der Waals surface area contributed by atoms with E-state index in [9.17, 15) is 110 Å². The molecule has 5 atom stereocenters. The Labute approximate surface area is 664 Å². The fourth-order valence-corrected chi connectivity index (χ4v) is 12.3. The number of carboxylic acids is 1. The summed E-state index contributed by atoms with van der Waals surface area (Å²) in [4.78, 5) is 73.0. The summed E-state index contributed by atoms with van der Waals surface area (Å²) in [6, 6.07) is 46.7. The minimum Gasteiger partial charge on any atom is -0.508 e. The number of carbonyl (C=O) groups is 1. The van der Waals surface area contributed by atoms with Crippen LogP contribution in [0.5, 0.6) is 103 Å². The van der Waals surface area contributed by atoms with Gasteiger partial charge in [-0.3, -0.25) is 24.0 Å². The summed E-state index contributed by atoms with van der Waals surface area (Å²) >= 11 is 0. The number of phenols is 13. The van der Waals surface area contributed by atoms with Crippen molar-refractivity contribution in [2.45, 2.75) is 30.7 Å². The Morgan fingerprint density at radius 2 is 0.815 bits per heavy atom. The minimum absolute atomic E-state index is 0.00385. The molecule has 1 saturated heterocycles. The number of phenolic OH excluding ortho intramolecular Hbond substituents is 13. The first kappa shape index (κ1) is 82.4. The van der Waals surface area contributed by atoms with E-state index in [2.05, 4.69) is 0 Å². The Morgan fingerprint density at radius 1 is 0.361 bits per heavy atom. The molecule has 6 heterocycles. The van der Waals surface area contributed by atoms with Crippen LogP contribution in [0.2, 0.25) is 0 Å². The van der Waals surface area contributed by atoms with Crippen molar-refractivity contribution in [1.82, 2.24) is 0 Å². The van der Waals surface area contributed by atoms with Crippen LogP contribution in [-0.2, 0) is 9.53 Å². The Kier molecular flexibility index (Phi) is 23.8. The van der Waals surface area contributed by atoms with Gasteiger partial charge in [0.2, 0.25) is 40.8 Å². The third kappa shape index (κ3) is 16.6. The van der Waals surface area contributed by atoms with Crippen LogP contribution in [0.1, 0.15) is 0 Å². The summed E-state index contributed by atoms with van der Waals surface area (Å²) in [6.07, 6.45) is -8.20. The number of aromatic hydroxyl groups is 13. The monoisotopic (exact) mass is 1630 g/mol. The normalized spacial score (nSPS) is 14.7. The molecule has 34 nitrogen and oxygen atoms in total. The number of hydrogen-bond acceptors (Lipinski definition) is 33. The molecule has 119 heavy (non-hydrogen) atoms. The topological polar surface area (TPSA) is 567 Å². The molecule has 610 valence electrons. The fraction of sp³-hybridized carbons (Fsp3) is 0.106. The molecule has 10 aromatic carbocycles. The van der Waals surface area contributed by atoms with Crippen molar-refractivity contribution in [1.29, 1.82) is 0 Å². The molecular formula is C85H66O34. The second kappa shape index (κ2) is 34.3. The Balaban J connectivity index is 0.000000138. The lowest BCUT2D eigenvalue weighted by Crippen LogP contribution is -2.61. The van der Waals surface area contributed by atoms with Crippen LogP contribution in [0.25, 0.3) is 111 Å². The number of aliphatic hydroxyl groups is 3. The Bertz CT molecular complexity index is 6690. The molecule has 0 radical (unpaired) electrons. The molecule has 1 fully saturated rings. The average molecular weight is 1630 g/mol. The smallest absolute Gasteiger partial charge is 0.335 e. The Hall–Kier alpha value is -16.0. The van der Waals surface area contributed by atoms with E-state index >= 15 is 0 Å². The first-order valence-electron chi connectivity index (χ1n) is 34.7. The highest BCUT2D eigenvalue weighted by Crippen LogP contribution is 2.52. The van der Waals surface area contributed by atoms with E-state index in [4.69, 9.17) is 55.6 Å². The predicted octanol–water partition coefficient (Wildman–Crippen LogP) is 10.8. The van der Waals surface area contributed by atoms with E-state index in [-0.39, 0.29) is 112 Å². The van der Waals surface area contributed by atoms with Crippen LogP contribution < -0.4 is 50.8 Å². The first-order valence-corrected chi connectivity index (χ1v) is 34.7. The molecule has 5 unspecified atom stereocenters. The average Bonchev–Trinajstić information content (AvgIpc) is 0.752. The summed E-state index contributed by atoms with van der Waals surface area (Å²) in [7, 11) is 5.48. The molecule has 0 amide bonds. The van der Waals surface area contributed by atoms with Crippen molar-refractivity contribution in [3.63, 3.8) is 0 Å². The van der Waals surface area contributed by atoms with E-state index in [0.29, 0.717) is 50.3 Å². The van der Waals surface area contributed by atoms with E-state index in [1.165, 1.54) is 89.3 Å². The standard InChI is InChI=1S/C21H18O11.C19H18O8.C15H10O6.C15H10O5.C15H10O4/c22-9-6-10(8-4-2-1-3-5-8)30-11-7-12(14(23)15(24)13(9)11)31-21-18(27)16(25)17(26)19(32-21)20(28)29;1-23-11-7-5-6-9(20)13(11)12-8-10(21)14-15(22)17(24-2)19(26-4)18(25-3)16(14)27-12;16-8-3-1-7(2-4-8)11-5-9(17)13-12(21-11)6-10(18)14(19)15(13)20;16-9-6-11(8-4-2-1-3-5-8)20-12-7-10(17)14(18)15(19)13(9)12;16-10-3-1-9(2-4-10)13-8-19-14-7-11(17)5-6-12(14)15(13)18/h1-7,16-19,21,23-27H,(H,28,29);5-8,20,22H,1-4H3;1-6,16,18-20H;1-7,17-19H;1-8,16-17H. The maximum atomic E-state index is 12.7. The highest BCUT2D eigenvalue weighted by atomic mass is 16.7. The summed E-state index contributed by atoms with van der Waals surface area (Å²) < 4.78 is 59.2. The number of fused-ring (bicyclic) bond motifs is 5. The molecule has 34 heteroatoms. The molecule has 15 aromatic rings. The zero-order valence-corrected chi connectivity index (χ0v) is 61.9. The number of rotatable bonds is 12. The first-order chi connectivity index (χ1) is 56.9. The van der Waals surface area contributed by atoms with Gasteiger partial charge in [0.25, 0.3) is 0 Å². The van der Waals surface area contributed by atoms with Crippen molar-refractivity contribution >= 4 is 60.8 Å². The lowest BCUT2D eigenvalue weighted by atomic mass is 9.99. The largest absolute Gasteiger partial charge is 0.508 e.